The largest absolute Gasteiger partial charge is 0.351 e. The van der Waals surface area contributed by atoms with E-state index in [2.05, 4.69) is 12.2 Å². The Bertz CT molecular complexity index is 220. The highest BCUT2D eigenvalue weighted by Crippen LogP contribution is 2.27. The molecule has 0 aliphatic heterocycles. The van der Waals surface area contributed by atoms with Gasteiger partial charge in [-0.3, -0.25) is 4.79 Å². The predicted molar refractivity (Wildman–Crippen MR) is 67.1 cm³/mol. The molecule has 16 heavy (non-hydrogen) atoms. The summed E-state index contributed by atoms with van der Waals surface area (Å²) in [5.41, 5.74) is 5.72. The Hall–Kier alpha value is -0.570. The summed E-state index contributed by atoms with van der Waals surface area (Å²) in [6.45, 7) is 4.16. The third-order valence-electron chi connectivity index (χ3n) is 3.46. The highest BCUT2D eigenvalue weighted by atomic mass is 16.1. The Morgan fingerprint density at radius 3 is 2.56 bits per heavy atom. The summed E-state index contributed by atoms with van der Waals surface area (Å²) < 4.78 is 0. The normalized spacial score (nSPS) is 21.4. The van der Waals surface area contributed by atoms with Gasteiger partial charge in [-0.25, -0.2) is 0 Å². The Labute approximate surface area is 99.2 Å². The first-order valence-corrected chi connectivity index (χ1v) is 6.58. The topological polar surface area (TPSA) is 55.1 Å². The first-order chi connectivity index (χ1) is 7.52. The van der Waals surface area contributed by atoms with E-state index in [1.54, 1.807) is 0 Å². The van der Waals surface area contributed by atoms with E-state index < -0.39 is 0 Å². The zero-order chi connectivity index (χ0) is 12.0. The molecule has 1 rings (SSSR count). The number of nitrogens with one attached hydrogen (secondary N) is 1. The molecule has 1 fully saturated rings. The standard InChI is InChI=1S/C13H26N2O/c1-11(14)7-6-8-12(16)15-13(2)9-4-3-5-10-13/h11H,3-10,14H2,1-2H3,(H,15,16). The fourth-order valence-corrected chi connectivity index (χ4v) is 2.44. The number of hydrogen-bond acceptors (Lipinski definition) is 2. The van der Waals surface area contributed by atoms with Crippen molar-refractivity contribution >= 4 is 5.91 Å². The molecule has 1 unspecified atom stereocenters. The summed E-state index contributed by atoms with van der Waals surface area (Å²) in [7, 11) is 0. The van der Waals surface area contributed by atoms with Crippen LogP contribution in [-0.2, 0) is 4.79 Å². The molecule has 3 nitrogen and oxygen atoms in total. The monoisotopic (exact) mass is 226 g/mol. The Morgan fingerprint density at radius 2 is 2.00 bits per heavy atom. The van der Waals surface area contributed by atoms with Crippen molar-refractivity contribution in [1.29, 1.82) is 0 Å². The van der Waals surface area contributed by atoms with Crippen molar-refractivity contribution in [3.8, 4) is 0 Å². The summed E-state index contributed by atoms with van der Waals surface area (Å²) in [6, 6.07) is 0.207. The Morgan fingerprint density at radius 1 is 1.38 bits per heavy atom. The Balaban J connectivity index is 2.22. The molecule has 1 aliphatic rings. The molecule has 3 N–H and O–H groups in total. The van der Waals surface area contributed by atoms with Crippen LogP contribution in [0.1, 0.15) is 65.2 Å². The summed E-state index contributed by atoms with van der Waals surface area (Å²) in [5.74, 6) is 0.199. The van der Waals surface area contributed by atoms with E-state index in [1.165, 1.54) is 19.3 Å². The molecule has 0 aromatic carbocycles. The molecule has 0 aromatic rings. The molecule has 1 amide bonds. The van der Waals surface area contributed by atoms with Gasteiger partial charge in [-0.1, -0.05) is 19.3 Å². The van der Waals surface area contributed by atoms with Crippen molar-refractivity contribution in [3.63, 3.8) is 0 Å². The summed E-state index contributed by atoms with van der Waals surface area (Å²) in [5, 5.41) is 3.19. The highest BCUT2D eigenvalue weighted by molar-refractivity contribution is 5.76. The molecule has 1 atom stereocenters. The van der Waals surface area contributed by atoms with Gasteiger partial charge in [0.15, 0.2) is 0 Å². The molecular weight excluding hydrogens is 200 g/mol. The lowest BCUT2D eigenvalue weighted by molar-refractivity contribution is -0.123. The average Bonchev–Trinajstić information content (AvgIpc) is 2.17. The molecule has 0 aromatic heterocycles. The van der Waals surface area contributed by atoms with Gasteiger partial charge in [0.25, 0.3) is 0 Å². The van der Waals surface area contributed by atoms with Crippen molar-refractivity contribution in [2.45, 2.75) is 76.8 Å². The number of nitrogens with two attached hydrogens (primary N) is 1. The zero-order valence-corrected chi connectivity index (χ0v) is 10.7. The number of carbonyl (C=O) groups is 1. The third kappa shape index (κ3) is 4.97. The van der Waals surface area contributed by atoms with E-state index in [1.807, 2.05) is 6.92 Å². The van der Waals surface area contributed by atoms with Gasteiger partial charge in [0.05, 0.1) is 0 Å². The first kappa shape index (κ1) is 13.5. The second-order valence-electron chi connectivity index (χ2n) is 5.54. The van der Waals surface area contributed by atoms with Gasteiger partial charge in [-0.15, -0.1) is 0 Å². The fraction of sp³-hybridized carbons (Fsp3) is 0.923. The lowest BCUT2D eigenvalue weighted by Crippen LogP contribution is -2.47. The van der Waals surface area contributed by atoms with Crippen LogP contribution < -0.4 is 11.1 Å². The van der Waals surface area contributed by atoms with Gasteiger partial charge in [-0.05, 0) is 39.5 Å². The van der Waals surface area contributed by atoms with Crippen LogP contribution in [0.4, 0.5) is 0 Å². The maximum Gasteiger partial charge on any atom is 0.220 e. The highest BCUT2D eigenvalue weighted by Gasteiger charge is 2.27. The summed E-state index contributed by atoms with van der Waals surface area (Å²) in [6.07, 6.45) is 8.53. The van der Waals surface area contributed by atoms with Crippen molar-refractivity contribution in [3.05, 3.63) is 0 Å². The number of carbonyl (C=O) groups excluding carboxylic acids is 1. The van der Waals surface area contributed by atoms with Crippen molar-refractivity contribution in [2.75, 3.05) is 0 Å². The maximum absolute atomic E-state index is 11.7. The van der Waals surface area contributed by atoms with E-state index in [0.29, 0.717) is 6.42 Å². The van der Waals surface area contributed by atoms with Gasteiger partial charge in [0.1, 0.15) is 0 Å². The minimum atomic E-state index is 0.0592. The van der Waals surface area contributed by atoms with Gasteiger partial charge < -0.3 is 11.1 Å². The number of hydrogen-bond donors (Lipinski definition) is 2. The minimum Gasteiger partial charge on any atom is -0.351 e. The second kappa shape index (κ2) is 6.24. The van der Waals surface area contributed by atoms with E-state index >= 15 is 0 Å². The molecule has 1 aliphatic carbocycles. The van der Waals surface area contributed by atoms with Crippen LogP contribution in [0.15, 0.2) is 0 Å². The summed E-state index contributed by atoms with van der Waals surface area (Å²) >= 11 is 0. The zero-order valence-electron chi connectivity index (χ0n) is 10.7. The van der Waals surface area contributed by atoms with Gasteiger partial charge in [0, 0.05) is 18.0 Å². The lowest BCUT2D eigenvalue weighted by atomic mass is 9.83. The van der Waals surface area contributed by atoms with Crippen molar-refractivity contribution < 1.29 is 4.79 Å². The molecule has 0 bridgehead atoms. The minimum absolute atomic E-state index is 0.0592. The van der Waals surface area contributed by atoms with Gasteiger partial charge >= 0.3 is 0 Å². The van der Waals surface area contributed by atoms with E-state index in [-0.39, 0.29) is 17.5 Å². The number of rotatable bonds is 5. The first-order valence-electron chi connectivity index (χ1n) is 6.58. The molecule has 0 spiro atoms. The lowest BCUT2D eigenvalue weighted by Gasteiger charge is -2.34. The average molecular weight is 226 g/mol. The molecule has 1 saturated carbocycles. The number of amides is 1. The van der Waals surface area contributed by atoms with Gasteiger partial charge in [-0.2, -0.15) is 0 Å². The van der Waals surface area contributed by atoms with Crippen LogP contribution >= 0.6 is 0 Å². The van der Waals surface area contributed by atoms with Crippen LogP contribution in [0.25, 0.3) is 0 Å². The van der Waals surface area contributed by atoms with Crippen LogP contribution in [-0.4, -0.2) is 17.5 Å². The fourth-order valence-electron chi connectivity index (χ4n) is 2.44. The quantitative estimate of drug-likeness (QED) is 0.756. The van der Waals surface area contributed by atoms with Crippen LogP contribution in [0, 0.1) is 0 Å². The molecule has 0 heterocycles. The molecule has 0 saturated heterocycles. The Kier molecular flexibility index (Phi) is 5.26. The maximum atomic E-state index is 11.7. The third-order valence-corrected chi connectivity index (χ3v) is 3.46. The molecule has 0 radical (unpaired) electrons. The van der Waals surface area contributed by atoms with Crippen molar-refractivity contribution in [1.82, 2.24) is 5.32 Å². The van der Waals surface area contributed by atoms with Gasteiger partial charge in [0.2, 0.25) is 5.91 Å². The second-order valence-corrected chi connectivity index (χ2v) is 5.54. The van der Waals surface area contributed by atoms with E-state index in [9.17, 15) is 4.79 Å². The predicted octanol–water partition coefficient (Wildman–Crippen LogP) is 2.34. The molecular formula is C13H26N2O. The molecule has 94 valence electrons. The van der Waals surface area contributed by atoms with Crippen molar-refractivity contribution in [2.24, 2.45) is 5.73 Å². The van der Waals surface area contributed by atoms with E-state index in [0.717, 1.165) is 25.7 Å². The molecule has 3 heteroatoms. The van der Waals surface area contributed by atoms with Crippen LogP contribution in [0.3, 0.4) is 0 Å². The SMILES string of the molecule is CC(N)CCCC(=O)NC1(C)CCCCC1. The smallest absolute Gasteiger partial charge is 0.220 e. The van der Waals surface area contributed by atoms with Crippen LogP contribution in [0.2, 0.25) is 0 Å². The summed E-state index contributed by atoms with van der Waals surface area (Å²) in [4.78, 5) is 11.7. The van der Waals surface area contributed by atoms with E-state index in [4.69, 9.17) is 5.73 Å². The van der Waals surface area contributed by atoms with Crippen LogP contribution in [0.5, 0.6) is 0 Å².